The van der Waals surface area contributed by atoms with E-state index in [0.29, 0.717) is 22.2 Å². The molecule has 0 spiro atoms. The second-order valence-electron chi connectivity index (χ2n) is 7.03. The van der Waals surface area contributed by atoms with Crippen LogP contribution >= 0.6 is 0 Å². The van der Waals surface area contributed by atoms with Gasteiger partial charge in [0.05, 0.1) is 23.8 Å². The summed E-state index contributed by atoms with van der Waals surface area (Å²) in [6, 6.07) is 17.0. The van der Waals surface area contributed by atoms with Crippen molar-refractivity contribution in [2.45, 2.75) is 6.54 Å². The number of hydrogen-bond acceptors (Lipinski definition) is 3. The van der Waals surface area contributed by atoms with Crippen molar-refractivity contribution in [2.75, 3.05) is 0 Å². The van der Waals surface area contributed by atoms with Gasteiger partial charge in [-0.1, -0.05) is 24.3 Å². The average Bonchev–Trinajstić information content (AvgIpc) is 2.77. The summed E-state index contributed by atoms with van der Waals surface area (Å²) in [7, 11) is 0. The van der Waals surface area contributed by atoms with E-state index in [1.807, 2.05) is 18.2 Å². The van der Waals surface area contributed by atoms with Crippen LogP contribution in [-0.4, -0.2) is 14.5 Å². The first-order valence-electron chi connectivity index (χ1n) is 9.37. The van der Waals surface area contributed by atoms with E-state index in [-0.39, 0.29) is 12.1 Å². The van der Waals surface area contributed by atoms with E-state index < -0.39 is 17.2 Å². The number of nitrogens with zero attached hydrogens (tertiary/aromatic N) is 3. The molecule has 0 aliphatic heterocycles. The van der Waals surface area contributed by atoms with E-state index in [2.05, 4.69) is 9.97 Å². The number of pyridine rings is 1. The lowest BCUT2D eigenvalue weighted by molar-refractivity contribution is 0.545. The van der Waals surface area contributed by atoms with Crippen molar-refractivity contribution in [3.05, 3.63) is 107 Å². The summed E-state index contributed by atoms with van der Waals surface area (Å²) in [5.41, 5.74) is 1.65. The van der Waals surface area contributed by atoms with Gasteiger partial charge in [0.25, 0.3) is 5.56 Å². The van der Waals surface area contributed by atoms with E-state index in [4.69, 9.17) is 0 Å². The number of rotatable bonds is 3. The average molecular weight is 399 g/mol. The molecular weight excluding hydrogens is 384 g/mol. The van der Waals surface area contributed by atoms with Crippen molar-refractivity contribution in [1.29, 1.82) is 0 Å². The van der Waals surface area contributed by atoms with Gasteiger partial charge in [-0.05, 0) is 52.9 Å². The maximum absolute atomic E-state index is 14.9. The molecule has 0 atom stereocenters. The lowest BCUT2D eigenvalue weighted by Crippen LogP contribution is -2.22. The Morgan fingerprint density at radius 3 is 2.47 bits per heavy atom. The van der Waals surface area contributed by atoms with E-state index >= 15 is 0 Å². The summed E-state index contributed by atoms with van der Waals surface area (Å²) >= 11 is 0. The molecule has 0 aliphatic rings. The first-order valence-corrected chi connectivity index (χ1v) is 9.37. The van der Waals surface area contributed by atoms with Crippen LogP contribution in [0.4, 0.5) is 8.78 Å². The molecule has 0 saturated carbocycles. The van der Waals surface area contributed by atoms with Gasteiger partial charge < -0.3 is 4.57 Å². The lowest BCUT2D eigenvalue weighted by Gasteiger charge is -2.13. The van der Waals surface area contributed by atoms with Crippen molar-refractivity contribution in [3.63, 3.8) is 0 Å². The highest BCUT2D eigenvalue weighted by Crippen LogP contribution is 2.28. The van der Waals surface area contributed by atoms with Crippen LogP contribution in [0.15, 0.2) is 84.0 Å². The fraction of sp³-hybridized carbons (Fsp3) is 0.0417. The minimum Gasteiger partial charge on any atom is -0.301 e. The molecule has 0 aliphatic carbocycles. The highest BCUT2D eigenvalue weighted by atomic mass is 19.1. The van der Waals surface area contributed by atoms with E-state index in [1.165, 1.54) is 16.7 Å². The van der Waals surface area contributed by atoms with Gasteiger partial charge in [-0.15, -0.1) is 0 Å². The molecule has 2 aromatic heterocycles. The molecule has 0 bridgehead atoms. The van der Waals surface area contributed by atoms with Crippen LogP contribution in [0.1, 0.15) is 5.56 Å². The predicted molar refractivity (Wildman–Crippen MR) is 112 cm³/mol. The Bertz CT molecular complexity index is 1450. The molecule has 6 heteroatoms. The minimum atomic E-state index is -0.701. The quantitative estimate of drug-likeness (QED) is 0.432. The van der Waals surface area contributed by atoms with Crippen LogP contribution in [-0.2, 0) is 6.54 Å². The van der Waals surface area contributed by atoms with Crippen molar-refractivity contribution in [3.8, 4) is 11.1 Å². The zero-order valence-electron chi connectivity index (χ0n) is 15.7. The minimum absolute atomic E-state index is 0.165. The number of fused-ring (bicyclic) bond motifs is 2. The zero-order valence-corrected chi connectivity index (χ0v) is 15.7. The number of hydrogen-bond donors (Lipinski definition) is 0. The van der Waals surface area contributed by atoms with Crippen molar-refractivity contribution < 1.29 is 8.78 Å². The van der Waals surface area contributed by atoms with Crippen molar-refractivity contribution in [2.24, 2.45) is 0 Å². The summed E-state index contributed by atoms with van der Waals surface area (Å²) in [4.78, 5) is 20.5. The van der Waals surface area contributed by atoms with Crippen LogP contribution in [0.25, 0.3) is 32.9 Å². The smallest absolute Gasteiger partial charge is 0.269 e. The van der Waals surface area contributed by atoms with Gasteiger partial charge in [0.2, 0.25) is 0 Å². The predicted octanol–water partition coefficient (Wildman–Crippen LogP) is 4.94. The van der Waals surface area contributed by atoms with Crippen LogP contribution < -0.4 is 5.56 Å². The van der Waals surface area contributed by atoms with Crippen molar-refractivity contribution >= 4 is 21.8 Å². The first kappa shape index (κ1) is 18.1. The summed E-state index contributed by atoms with van der Waals surface area (Å²) < 4.78 is 31.2. The molecule has 0 unspecified atom stereocenters. The van der Waals surface area contributed by atoms with Crippen LogP contribution in [0, 0.1) is 11.6 Å². The van der Waals surface area contributed by atoms with Crippen molar-refractivity contribution in [1.82, 2.24) is 14.5 Å². The number of halogens is 2. The Morgan fingerprint density at radius 2 is 1.63 bits per heavy atom. The normalized spacial score (nSPS) is 11.3. The van der Waals surface area contributed by atoms with E-state index in [9.17, 15) is 13.6 Å². The summed E-state index contributed by atoms with van der Waals surface area (Å²) in [5.74, 6) is -1.40. The van der Waals surface area contributed by atoms with Gasteiger partial charge in [-0.25, -0.2) is 13.8 Å². The standard InChI is InChI=1S/C24H15F2N3O/c25-20-10-18(15-5-6-17-12-27-8-7-16(17)9-15)11-21(26)19(20)14-29-23-4-2-1-3-22(23)28-13-24(29)30/h1-13H,14H2. The number of benzene rings is 3. The molecule has 5 rings (SSSR count). The molecule has 0 fully saturated rings. The number of aromatic nitrogens is 3. The molecule has 4 nitrogen and oxygen atoms in total. The van der Waals surface area contributed by atoms with E-state index in [1.54, 1.807) is 42.7 Å². The molecule has 0 saturated heterocycles. The van der Waals surface area contributed by atoms with Gasteiger partial charge >= 0.3 is 0 Å². The van der Waals surface area contributed by atoms with Gasteiger partial charge in [-0.2, -0.15) is 0 Å². The van der Waals surface area contributed by atoms with Gasteiger partial charge in [0.15, 0.2) is 0 Å². The van der Waals surface area contributed by atoms with Crippen LogP contribution in [0.3, 0.4) is 0 Å². The Morgan fingerprint density at radius 1 is 0.833 bits per heavy atom. The monoisotopic (exact) mass is 399 g/mol. The zero-order chi connectivity index (χ0) is 20.7. The Hall–Kier alpha value is -3.93. The SMILES string of the molecule is O=c1cnc2ccccc2n1Cc1c(F)cc(-c2ccc3cnccc3c2)cc1F. The molecule has 146 valence electrons. The second-order valence-corrected chi connectivity index (χ2v) is 7.03. The number of para-hydroxylation sites is 2. The highest BCUT2D eigenvalue weighted by Gasteiger charge is 2.15. The Kier molecular flexibility index (Phi) is 4.32. The summed E-state index contributed by atoms with van der Waals surface area (Å²) in [6.07, 6.45) is 4.57. The molecule has 3 aromatic carbocycles. The van der Waals surface area contributed by atoms with Gasteiger partial charge in [0.1, 0.15) is 11.6 Å². The fourth-order valence-corrected chi connectivity index (χ4v) is 3.62. The molecule has 0 N–H and O–H groups in total. The first-order chi connectivity index (χ1) is 14.6. The van der Waals surface area contributed by atoms with Crippen LogP contribution in [0.2, 0.25) is 0 Å². The maximum atomic E-state index is 14.9. The van der Waals surface area contributed by atoms with E-state index in [0.717, 1.165) is 17.0 Å². The molecule has 0 radical (unpaired) electrons. The largest absolute Gasteiger partial charge is 0.301 e. The summed E-state index contributed by atoms with van der Waals surface area (Å²) in [5, 5.41) is 1.88. The van der Waals surface area contributed by atoms with Gasteiger partial charge in [-0.3, -0.25) is 9.78 Å². The summed E-state index contributed by atoms with van der Waals surface area (Å²) in [6.45, 7) is -0.219. The second kappa shape index (κ2) is 7.15. The lowest BCUT2D eigenvalue weighted by atomic mass is 10.00. The molecule has 2 heterocycles. The molecule has 30 heavy (non-hydrogen) atoms. The molecular formula is C24H15F2N3O. The van der Waals surface area contributed by atoms with Gasteiger partial charge in [0, 0.05) is 23.3 Å². The Labute approximate surface area is 170 Å². The van der Waals surface area contributed by atoms with Crippen LogP contribution in [0.5, 0.6) is 0 Å². The fourth-order valence-electron chi connectivity index (χ4n) is 3.62. The topological polar surface area (TPSA) is 47.8 Å². The highest BCUT2D eigenvalue weighted by molar-refractivity contribution is 5.86. The molecule has 0 amide bonds. The maximum Gasteiger partial charge on any atom is 0.269 e. The third-order valence-corrected chi connectivity index (χ3v) is 5.18. The third-order valence-electron chi connectivity index (χ3n) is 5.18. The molecule has 5 aromatic rings. The third kappa shape index (κ3) is 3.12. The Balaban J connectivity index is 1.58.